The van der Waals surface area contributed by atoms with Gasteiger partial charge in [0.15, 0.2) is 0 Å². The van der Waals surface area contributed by atoms with E-state index >= 15 is 0 Å². The predicted molar refractivity (Wildman–Crippen MR) is 174 cm³/mol. The summed E-state index contributed by atoms with van der Waals surface area (Å²) in [7, 11) is -11.7. The second-order valence-corrected chi connectivity index (χ2v) is 13.7. The van der Waals surface area contributed by atoms with Gasteiger partial charge in [-0.2, -0.15) is 43.2 Å². The van der Waals surface area contributed by atoms with Crippen molar-refractivity contribution in [3.05, 3.63) is 97.1 Å². The van der Waals surface area contributed by atoms with Crippen LogP contribution in [0.15, 0.2) is 97.1 Å². The van der Waals surface area contributed by atoms with Crippen LogP contribution in [-0.4, -0.2) is 43.4 Å². The van der Waals surface area contributed by atoms with Crippen LogP contribution in [-0.2, 0) is 20.2 Å². The van der Waals surface area contributed by atoms with Crippen LogP contribution >= 0.6 is 23.2 Å². The number of hydrogen-bond acceptors (Lipinski definition) is 8. The number of phenolic OH excluding ortho intramolecular Hbond substituents is 2. The number of rotatable bonds is 4. The zero-order chi connectivity index (χ0) is 36.4. The van der Waals surface area contributed by atoms with Crippen LogP contribution in [0, 0.1) is 0 Å². The van der Waals surface area contributed by atoms with E-state index in [9.17, 15) is 53.4 Å². The molecule has 260 valence electrons. The van der Waals surface area contributed by atoms with Crippen LogP contribution in [0.2, 0.25) is 0 Å². The average molecular weight is 770 g/mol. The fourth-order valence-electron chi connectivity index (χ4n) is 4.38. The van der Waals surface area contributed by atoms with Crippen molar-refractivity contribution in [2.45, 2.75) is 11.0 Å². The van der Waals surface area contributed by atoms with E-state index in [2.05, 4.69) is 8.37 Å². The van der Waals surface area contributed by atoms with Crippen molar-refractivity contribution >= 4 is 86.5 Å². The SMILES string of the molecule is ClCCl.O=S(=O)(Oc1ccc2cc3cc(OS(=O)(=O)C(F)(F)F)ccc3cc2c1)C(F)(F)F.Oc1ccc2cc3cc(O)ccc3cc2c1. The second kappa shape index (κ2) is 14.2. The first-order valence-electron chi connectivity index (χ1n) is 13.2. The van der Waals surface area contributed by atoms with Gasteiger partial charge in [0.2, 0.25) is 0 Å². The second-order valence-electron chi connectivity index (χ2n) is 9.85. The molecule has 0 aliphatic heterocycles. The average Bonchev–Trinajstić information content (AvgIpc) is 2.98. The van der Waals surface area contributed by atoms with E-state index in [1.54, 1.807) is 24.3 Å². The van der Waals surface area contributed by atoms with Crippen molar-refractivity contribution in [2.75, 3.05) is 5.34 Å². The minimum Gasteiger partial charge on any atom is -0.508 e. The fourth-order valence-corrected chi connectivity index (χ4v) is 5.28. The highest BCUT2D eigenvalue weighted by molar-refractivity contribution is 7.88. The van der Waals surface area contributed by atoms with E-state index in [1.807, 2.05) is 24.3 Å². The van der Waals surface area contributed by atoms with E-state index in [0.29, 0.717) is 10.8 Å². The topological polar surface area (TPSA) is 127 Å². The number of alkyl halides is 8. The van der Waals surface area contributed by atoms with Gasteiger partial charge in [-0.3, -0.25) is 0 Å². The van der Waals surface area contributed by atoms with Gasteiger partial charge in [0, 0.05) is 0 Å². The molecule has 6 rings (SSSR count). The first-order valence-corrected chi connectivity index (χ1v) is 17.1. The van der Waals surface area contributed by atoms with Gasteiger partial charge in [0.05, 0.1) is 5.34 Å². The summed E-state index contributed by atoms with van der Waals surface area (Å²) in [6.07, 6.45) is 0. The normalized spacial score (nSPS) is 12.2. The Morgan fingerprint density at radius 3 is 1.02 bits per heavy atom. The summed E-state index contributed by atoms with van der Waals surface area (Å²) in [5.41, 5.74) is -11.2. The minimum absolute atomic E-state index is 0.194. The van der Waals surface area contributed by atoms with Gasteiger partial charge >= 0.3 is 31.3 Å². The number of fused-ring (bicyclic) bond motifs is 4. The highest BCUT2D eigenvalue weighted by atomic mass is 35.5. The molecule has 0 amide bonds. The van der Waals surface area contributed by atoms with Gasteiger partial charge < -0.3 is 18.6 Å². The summed E-state index contributed by atoms with van der Waals surface area (Å²) in [6, 6.07) is 23.7. The van der Waals surface area contributed by atoms with Gasteiger partial charge in [0.25, 0.3) is 0 Å². The fraction of sp³-hybridized carbons (Fsp3) is 0.0968. The molecule has 0 spiro atoms. The number of phenols is 2. The van der Waals surface area contributed by atoms with Crippen molar-refractivity contribution < 1.29 is 61.8 Å². The Kier molecular flexibility index (Phi) is 10.9. The highest BCUT2D eigenvalue weighted by Gasteiger charge is 2.49. The Morgan fingerprint density at radius 2 is 0.735 bits per heavy atom. The number of hydrogen-bond donors (Lipinski definition) is 2. The number of aromatic hydroxyl groups is 2. The van der Waals surface area contributed by atoms with Gasteiger partial charge in [-0.1, -0.05) is 24.3 Å². The molecule has 6 aromatic rings. The first kappa shape index (κ1) is 37.4. The van der Waals surface area contributed by atoms with Crippen LogP contribution in [0.4, 0.5) is 26.3 Å². The molecule has 0 atom stereocenters. The molecule has 0 aliphatic rings. The molecule has 0 saturated carbocycles. The van der Waals surface area contributed by atoms with Crippen LogP contribution in [0.3, 0.4) is 0 Å². The molecule has 18 heteroatoms. The third kappa shape index (κ3) is 9.00. The summed E-state index contributed by atoms with van der Waals surface area (Å²) in [4.78, 5) is 0. The summed E-state index contributed by atoms with van der Waals surface area (Å²) in [5.74, 6) is -0.665. The molecule has 0 radical (unpaired) electrons. The lowest BCUT2D eigenvalue weighted by atomic mass is 10.0. The monoisotopic (exact) mass is 768 g/mol. The molecular formula is C31H20Cl2F6O8S2. The molecule has 0 aliphatic carbocycles. The smallest absolute Gasteiger partial charge is 0.508 e. The van der Waals surface area contributed by atoms with Crippen molar-refractivity contribution in [3.63, 3.8) is 0 Å². The van der Waals surface area contributed by atoms with Crippen LogP contribution in [0.1, 0.15) is 0 Å². The minimum atomic E-state index is -5.86. The maximum atomic E-state index is 12.4. The van der Waals surface area contributed by atoms with E-state index in [-0.39, 0.29) is 27.6 Å². The molecule has 49 heavy (non-hydrogen) atoms. The van der Waals surface area contributed by atoms with Crippen LogP contribution in [0.5, 0.6) is 23.0 Å². The van der Waals surface area contributed by atoms with Crippen LogP contribution < -0.4 is 8.37 Å². The van der Waals surface area contributed by atoms with Gasteiger partial charge in [-0.25, -0.2) is 0 Å². The molecule has 2 N–H and O–H groups in total. The predicted octanol–water partition coefficient (Wildman–Crippen LogP) is 9.28. The van der Waals surface area contributed by atoms with Crippen molar-refractivity contribution in [1.29, 1.82) is 0 Å². The van der Waals surface area contributed by atoms with E-state index in [1.165, 1.54) is 24.3 Å². The Hall–Kier alpha value is -4.38. The van der Waals surface area contributed by atoms with E-state index in [4.69, 9.17) is 23.2 Å². The summed E-state index contributed by atoms with van der Waals surface area (Å²) in [5, 5.41) is 24.3. The number of halogens is 8. The van der Waals surface area contributed by atoms with Gasteiger partial charge in [-0.05, 0) is 116 Å². The largest absolute Gasteiger partial charge is 0.534 e. The molecule has 0 saturated heterocycles. The zero-order valence-electron chi connectivity index (χ0n) is 24.1. The molecule has 0 aromatic heterocycles. The third-order valence-electron chi connectivity index (χ3n) is 6.48. The maximum absolute atomic E-state index is 12.4. The molecular weight excluding hydrogens is 749 g/mol. The molecule has 8 nitrogen and oxygen atoms in total. The molecule has 0 bridgehead atoms. The van der Waals surface area contributed by atoms with Crippen molar-refractivity contribution in [3.8, 4) is 23.0 Å². The van der Waals surface area contributed by atoms with Crippen molar-refractivity contribution in [1.82, 2.24) is 0 Å². The third-order valence-corrected chi connectivity index (χ3v) is 8.44. The number of benzene rings is 6. The summed E-state index contributed by atoms with van der Waals surface area (Å²) in [6.45, 7) is 0. The lowest BCUT2D eigenvalue weighted by molar-refractivity contribution is -0.0504. The zero-order valence-corrected chi connectivity index (χ0v) is 27.3. The van der Waals surface area contributed by atoms with Crippen LogP contribution in [0.25, 0.3) is 43.1 Å². The van der Waals surface area contributed by atoms with Gasteiger partial charge in [0.1, 0.15) is 23.0 Å². The molecule has 0 unspecified atom stereocenters. The van der Waals surface area contributed by atoms with E-state index in [0.717, 1.165) is 45.8 Å². The molecule has 0 heterocycles. The van der Waals surface area contributed by atoms with Gasteiger partial charge in [-0.15, -0.1) is 23.2 Å². The standard InChI is InChI=1S/C16H8F6O6S2.C14H10O2.CH2Cl2/c17-15(18,19)29(23,24)27-13-3-1-9-5-12-8-14(28-30(25,26)16(20,21)22)4-2-10(12)6-11(9)7-13;15-13-3-1-9-5-12-8-14(16)4-2-10(12)6-11(9)7-13;2-1-3/h1-8H;1-8,15-16H;1H2. The van der Waals surface area contributed by atoms with Crippen molar-refractivity contribution in [2.24, 2.45) is 0 Å². The molecule has 6 aromatic carbocycles. The van der Waals surface area contributed by atoms with E-state index < -0.39 is 42.8 Å². The lowest BCUT2D eigenvalue weighted by Gasteiger charge is -2.11. The Bertz CT molecular complexity index is 2220. The Balaban J connectivity index is 0.000000236. The lowest BCUT2D eigenvalue weighted by Crippen LogP contribution is -2.28. The Morgan fingerprint density at radius 1 is 0.469 bits per heavy atom. The maximum Gasteiger partial charge on any atom is 0.534 e. The molecule has 0 fully saturated rings. The summed E-state index contributed by atoms with van der Waals surface area (Å²) < 4.78 is 127. The summed E-state index contributed by atoms with van der Waals surface area (Å²) >= 11 is 9.53. The highest BCUT2D eigenvalue weighted by Crippen LogP contribution is 2.33. The Labute approximate surface area is 283 Å². The quantitative estimate of drug-likeness (QED) is 0.0598. The first-order chi connectivity index (χ1) is 22.7.